The van der Waals surface area contributed by atoms with Crippen molar-refractivity contribution in [3.8, 4) is 11.5 Å². The van der Waals surface area contributed by atoms with E-state index in [0.29, 0.717) is 11.9 Å². The number of aromatic nitrogens is 3. The smallest absolute Gasteiger partial charge is 0.246 e. The Kier molecular flexibility index (Phi) is 2.92. The fourth-order valence-corrected chi connectivity index (χ4v) is 2.46. The molecule has 0 spiro atoms. The molecule has 2 aliphatic rings. The van der Waals surface area contributed by atoms with Crippen LogP contribution in [-0.4, -0.2) is 34.7 Å². The molecule has 0 radical (unpaired) electrons. The Morgan fingerprint density at radius 2 is 2.29 bits per heavy atom. The molecule has 2 N–H and O–H groups in total. The summed E-state index contributed by atoms with van der Waals surface area (Å²) in [5, 5.41) is 10.3. The molecule has 21 heavy (non-hydrogen) atoms. The second-order valence-corrected chi connectivity index (χ2v) is 5.07. The SMILES string of the molecule is CCOC1CC1c1nc(Nc2ccc3c(c2)OCO3)n[nH]1. The van der Waals surface area contributed by atoms with Gasteiger partial charge in [0.1, 0.15) is 5.82 Å². The molecule has 1 aliphatic carbocycles. The fourth-order valence-electron chi connectivity index (χ4n) is 2.46. The van der Waals surface area contributed by atoms with Gasteiger partial charge in [-0.3, -0.25) is 5.10 Å². The average Bonchev–Trinajstić information content (AvgIpc) is 2.90. The molecular weight excluding hydrogens is 272 g/mol. The number of nitrogens with one attached hydrogen (secondary N) is 2. The molecule has 1 aliphatic heterocycles. The Bertz CT molecular complexity index is 657. The van der Waals surface area contributed by atoms with Crippen LogP contribution in [0.1, 0.15) is 25.1 Å². The van der Waals surface area contributed by atoms with Crippen LogP contribution in [0.3, 0.4) is 0 Å². The number of hydrogen-bond acceptors (Lipinski definition) is 6. The lowest BCUT2D eigenvalue weighted by Gasteiger charge is -2.02. The second kappa shape index (κ2) is 4.92. The zero-order chi connectivity index (χ0) is 14.2. The Hall–Kier alpha value is -2.28. The van der Waals surface area contributed by atoms with Gasteiger partial charge in [0.2, 0.25) is 12.7 Å². The summed E-state index contributed by atoms with van der Waals surface area (Å²) in [7, 11) is 0. The summed E-state index contributed by atoms with van der Waals surface area (Å²) < 4.78 is 16.2. The molecule has 1 saturated carbocycles. The van der Waals surface area contributed by atoms with E-state index in [0.717, 1.165) is 36.0 Å². The van der Waals surface area contributed by atoms with Gasteiger partial charge in [0.25, 0.3) is 0 Å². The Balaban J connectivity index is 1.45. The minimum absolute atomic E-state index is 0.268. The molecule has 1 aromatic heterocycles. The maximum atomic E-state index is 5.56. The second-order valence-electron chi connectivity index (χ2n) is 5.07. The van der Waals surface area contributed by atoms with Gasteiger partial charge in [-0.15, -0.1) is 5.10 Å². The van der Waals surface area contributed by atoms with Gasteiger partial charge >= 0.3 is 0 Å². The number of aromatic amines is 1. The quantitative estimate of drug-likeness (QED) is 0.877. The summed E-state index contributed by atoms with van der Waals surface area (Å²) in [4.78, 5) is 4.46. The van der Waals surface area contributed by atoms with Crippen LogP contribution >= 0.6 is 0 Å². The summed E-state index contributed by atoms with van der Waals surface area (Å²) in [6.45, 7) is 3.00. The molecular formula is C14H16N4O3. The van der Waals surface area contributed by atoms with Crippen LogP contribution in [-0.2, 0) is 4.74 Å². The normalized spacial score (nSPS) is 22.3. The third kappa shape index (κ3) is 2.40. The first kappa shape index (κ1) is 12.5. The number of nitrogens with zero attached hydrogens (tertiary/aromatic N) is 2. The van der Waals surface area contributed by atoms with Crippen LogP contribution in [0.25, 0.3) is 0 Å². The summed E-state index contributed by atoms with van der Waals surface area (Å²) in [5.74, 6) is 3.25. The van der Waals surface area contributed by atoms with E-state index in [1.807, 2.05) is 25.1 Å². The lowest BCUT2D eigenvalue weighted by molar-refractivity contribution is 0.128. The van der Waals surface area contributed by atoms with Gasteiger partial charge in [-0.25, -0.2) is 0 Å². The van der Waals surface area contributed by atoms with Crippen LogP contribution in [0.4, 0.5) is 11.6 Å². The number of fused-ring (bicyclic) bond motifs is 1. The van der Waals surface area contributed by atoms with Crippen molar-refractivity contribution in [3.05, 3.63) is 24.0 Å². The van der Waals surface area contributed by atoms with Crippen LogP contribution in [0.15, 0.2) is 18.2 Å². The van der Waals surface area contributed by atoms with E-state index >= 15 is 0 Å². The maximum Gasteiger partial charge on any atom is 0.246 e. The van der Waals surface area contributed by atoms with Crippen molar-refractivity contribution in [2.45, 2.75) is 25.4 Å². The molecule has 0 saturated heterocycles. The molecule has 2 unspecified atom stereocenters. The number of ether oxygens (including phenoxy) is 3. The van der Waals surface area contributed by atoms with Gasteiger partial charge in [-0.2, -0.15) is 4.98 Å². The van der Waals surface area contributed by atoms with Crippen molar-refractivity contribution >= 4 is 11.6 Å². The van der Waals surface area contributed by atoms with Crippen LogP contribution in [0.2, 0.25) is 0 Å². The number of rotatable bonds is 5. The lowest BCUT2D eigenvalue weighted by atomic mass is 10.3. The Morgan fingerprint density at radius 3 is 3.19 bits per heavy atom. The van der Waals surface area contributed by atoms with Gasteiger partial charge in [0.15, 0.2) is 11.5 Å². The van der Waals surface area contributed by atoms with Crippen LogP contribution < -0.4 is 14.8 Å². The monoisotopic (exact) mass is 288 g/mol. The van der Waals surface area contributed by atoms with Gasteiger partial charge in [0, 0.05) is 24.3 Å². The average molecular weight is 288 g/mol. The molecule has 7 nitrogen and oxygen atoms in total. The van der Waals surface area contributed by atoms with Crippen molar-refractivity contribution in [1.29, 1.82) is 0 Å². The largest absolute Gasteiger partial charge is 0.454 e. The minimum Gasteiger partial charge on any atom is -0.454 e. The van der Waals surface area contributed by atoms with E-state index in [-0.39, 0.29) is 12.9 Å². The van der Waals surface area contributed by atoms with Crippen molar-refractivity contribution in [1.82, 2.24) is 15.2 Å². The molecule has 7 heteroatoms. The van der Waals surface area contributed by atoms with E-state index < -0.39 is 0 Å². The highest BCUT2D eigenvalue weighted by Crippen LogP contribution is 2.42. The molecule has 110 valence electrons. The molecule has 2 heterocycles. The van der Waals surface area contributed by atoms with E-state index in [2.05, 4.69) is 20.5 Å². The van der Waals surface area contributed by atoms with E-state index in [9.17, 15) is 0 Å². The molecule has 1 aromatic carbocycles. The molecule has 0 amide bonds. The number of anilines is 2. The predicted octanol–water partition coefficient (Wildman–Crippen LogP) is 2.17. The molecule has 0 bridgehead atoms. The third-order valence-corrected chi connectivity index (χ3v) is 3.60. The summed E-state index contributed by atoms with van der Waals surface area (Å²) in [6.07, 6.45) is 1.29. The first-order chi connectivity index (χ1) is 10.3. The molecule has 2 atom stereocenters. The van der Waals surface area contributed by atoms with Gasteiger partial charge < -0.3 is 19.5 Å². The third-order valence-electron chi connectivity index (χ3n) is 3.60. The standard InChI is InChI=1S/C14H16N4O3/c1-2-19-11-6-9(11)13-16-14(18-17-13)15-8-3-4-10-12(5-8)21-7-20-10/h3-5,9,11H,2,6-7H2,1H3,(H2,15,16,17,18). The maximum absolute atomic E-state index is 5.56. The van der Waals surface area contributed by atoms with E-state index in [4.69, 9.17) is 14.2 Å². The highest BCUT2D eigenvalue weighted by molar-refractivity contribution is 5.60. The van der Waals surface area contributed by atoms with Gasteiger partial charge in [0.05, 0.1) is 6.10 Å². The van der Waals surface area contributed by atoms with Crippen molar-refractivity contribution in [2.24, 2.45) is 0 Å². The van der Waals surface area contributed by atoms with Crippen molar-refractivity contribution in [2.75, 3.05) is 18.7 Å². The fraction of sp³-hybridized carbons (Fsp3) is 0.429. The number of benzene rings is 1. The van der Waals surface area contributed by atoms with E-state index in [1.54, 1.807) is 0 Å². The van der Waals surface area contributed by atoms with Crippen LogP contribution in [0.5, 0.6) is 11.5 Å². The highest BCUT2D eigenvalue weighted by atomic mass is 16.7. The minimum atomic E-state index is 0.268. The predicted molar refractivity (Wildman–Crippen MR) is 75.0 cm³/mol. The Labute approximate surface area is 121 Å². The number of H-pyrrole nitrogens is 1. The number of hydrogen-bond donors (Lipinski definition) is 2. The zero-order valence-electron chi connectivity index (χ0n) is 11.6. The van der Waals surface area contributed by atoms with E-state index in [1.165, 1.54) is 0 Å². The van der Waals surface area contributed by atoms with Crippen LogP contribution in [0, 0.1) is 0 Å². The topological polar surface area (TPSA) is 81.3 Å². The molecule has 1 fully saturated rings. The molecule has 2 aromatic rings. The lowest BCUT2D eigenvalue weighted by Crippen LogP contribution is -1.97. The first-order valence-electron chi connectivity index (χ1n) is 7.04. The summed E-state index contributed by atoms with van der Waals surface area (Å²) in [5.41, 5.74) is 0.863. The Morgan fingerprint density at radius 1 is 1.38 bits per heavy atom. The first-order valence-corrected chi connectivity index (χ1v) is 7.04. The molecule has 4 rings (SSSR count). The van der Waals surface area contributed by atoms with Gasteiger partial charge in [-0.05, 0) is 25.5 Å². The highest BCUT2D eigenvalue weighted by Gasteiger charge is 2.41. The van der Waals surface area contributed by atoms with Gasteiger partial charge in [-0.1, -0.05) is 0 Å². The summed E-state index contributed by atoms with van der Waals surface area (Å²) >= 11 is 0. The zero-order valence-corrected chi connectivity index (χ0v) is 11.6. The van der Waals surface area contributed by atoms with Crippen molar-refractivity contribution in [3.63, 3.8) is 0 Å². The van der Waals surface area contributed by atoms with Crippen molar-refractivity contribution < 1.29 is 14.2 Å². The summed E-state index contributed by atoms with van der Waals surface area (Å²) in [6, 6.07) is 5.65.